The Hall–Kier alpha value is -4.83. The minimum absolute atomic E-state index is 0.0152. The normalized spacial score (nSPS) is 16.9. The number of anilines is 2. The highest BCUT2D eigenvalue weighted by molar-refractivity contribution is 6.28. The van der Waals surface area contributed by atoms with E-state index in [-0.39, 0.29) is 49.5 Å². The molecule has 0 bridgehead atoms. The van der Waals surface area contributed by atoms with Gasteiger partial charge in [-0.15, -0.1) is 0 Å². The van der Waals surface area contributed by atoms with Gasteiger partial charge in [-0.3, -0.25) is 5.10 Å². The van der Waals surface area contributed by atoms with E-state index in [0.717, 1.165) is 17.1 Å². The van der Waals surface area contributed by atoms with E-state index in [1.54, 1.807) is 36.7 Å². The average Bonchev–Trinajstić information content (AvgIpc) is 3.73. The monoisotopic (exact) mass is 700 g/mol. The third-order valence-electron chi connectivity index (χ3n) is 7.74. The van der Waals surface area contributed by atoms with Crippen molar-refractivity contribution >= 4 is 23.2 Å². The maximum atomic E-state index is 13.2. The van der Waals surface area contributed by atoms with Gasteiger partial charge in [-0.05, 0) is 63.3 Å². The van der Waals surface area contributed by atoms with Crippen molar-refractivity contribution in [3.63, 3.8) is 0 Å². The number of nitrogens with zero attached hydrogens (tertiary/aromatic N) is 9. The molecule has 4 aromatic rings. The van der Waals surface area contributed by atoms with Gasteiger partial charge in [0.25, 0.3) is 5.95 Å². The van der Waals surface area contributed by atoms with Crippen molar-refractivity contribution in [3.05, 3.63) is 64.7 Å². The summed E-state index contributed by atoms with van der Waals surface area (Å²) in [6.45, 7) is 3.65. The number of aromatic nitrogens is 8. The number of hydrogen-bond donors (Lipinski definition) is 3. The van der Waals surface area contributed by atoms with Crippen LogP contribution in [0.5, 0.6) is 0 Å². The van der Waals surface area contributed by atoms with Crippen LogP contribution >= 0.6 is 11.6 Å². The van der Waals surface area contributed by atoms with Gasteiger partial charge in [0.15, 0.2) is 0 Å². The summed E-state index contributed by atoms with van der Waals surface area (Å²) < 4.78 is 53.9. The molecule has 49 heavy (non-hydrogen) atoms. The molecule has 0 atom stereocenters. The van der Waals surface area contributed by atoms with Gasteiger partial charge in [-0.2, -0.15) is 25.7 Å². The number of rotatable bonds is 7. The summed E-state index contributed by atoms with van der Waals surface area (Å²) in [5, 5.41) is 34.0. The van der Waals surface area contributed by atoms with Crippen molar-refractivity contribution in [2.24, 2.45) is 0 Å². The molecule has 4 heterocycles. The van der Waals surface area contributed by atoms with Crippen LogP contribution in [0.4, 0.5) is 29.2 Å². The zero-order valence-electron chi connectivity index (χ0n) is 27.1. The Kier molecular flexibility index (Phi) is 12.8. The lowest BCUT2D eigenvalue weighted by atomic mass is 9.92. The molecular formula is C32H37ClF4N12. The van der Waals surface area contributed by atoms with Crippen LogP contribution in [-0.2, 0) is 12.8 Å². The molecule has 0 aliphatic heterocycles. The minimum atomic E-state index is -2.54. The number of alkyl halides is 4. The first-order valence-corrected chi connectivity index (χ1v) is 16.1. The molecule has 12 nitrogen and oxygen atoms in total. The van der Waals surface area contributed by atoms with Gasteiger partial charge in [-0.1, -0.05) is 0 Å². The highest BCUT2D eigenvalue weighted by atomic mass is 35.5. The molecule has 260 valence electrons. The number of aryl methyl sites for hydroxylation is 2. The predicted octanol–water partition coefficient (Wildman–Crippen LogP) is 6.93. The Balaban J connectivity index is 0.000000187. The van der Waals surface area contributed by atoms with Gasteiger partial charge in [-0.25, -0.2) is 37.2 Å². The van der Waals surface area contributed by atoms with Crippen molar-refractivity contribution in [1.82, 2.24) is 39.9 Å². The second-order valence-electron chi connectivity index (χ2n) is 11.9. The standard InChI is InChI=1S/C16H18F2N6.C11H14ClF2N3.C5H5N3/c1-11-10-14(21-12-2-6-16(17,18)7-3-12)22-15(20-11)24-9-5-13(23-24)4-8-19;1-7-6-9(17-10(12)15-7)16-8-2-4-11(13,14)5-3-8;6-3-1-5-2-4-7-8-5/h5,9-10,12H,2-4,6-7H2,1H3,(H,20,21,22);6,8H,2-5H2,1H3,(H,15,16,17);2,4H,1H2,(H,7,8). The Labute approximate surface area is 286 Å². The van der Waals surface area contributed by atoms with Crippen molar-refractivity contribution in [1.29, 1.82) is 10.5 Å². The Morgan fingerprint density at radius 3 is 1.90 bits per heavy atom. The Bertz CT molecular complexity index is 1690. The number of H-pyrrole nitrogens is 1. The fraction of sp³-hybridized carbons (Fsp3) is 0.500. The topological polar surface area (TPSA) is 170 Å². The van der Waals surface area contributed by atoms with E-state index in [1.165, 1.54) is 4.68 Å². The molecule has 6 rings (SSSR count). The van der Waals surface area contributed by atoms with E-state index in [0.29, 0.717) is 55.4 Å². The van der Waals surface area contributed by atoms with Crippen molar-refractivity contribution in [2.75, 3.05) is 10.6 Å². The molecule has 0 amide bonds. The molecule has 17 heteroatoms. The molecule has 2 saturated carbocycles. The summed E-state index contributed by atoms with van der Waals surface area (Å²) in [6.07, 6.45) is 5.38. The van der Waals surface area contributed by atoms with E-state index in [2.05, 4.69) is 45.9 Å². The number of hydrogen-bond acceptors (Lipinski definition) is 10. The SMILES string of the molecule is Cc1cc(NC2CCC(F)(F)CC2)nc(-n2ccc(CC#N)n2)n1.Cc1cc(NC2CCC(F)(F)CC2)nc(Cl)n1.N#CCc1ccn[nH]1. The lowest BCUT2D eigenvalue weighted by Crippen LogP contribution is -2.32. The van der Waals surface area contributed by atoms with E-state index in [9.17, 15) is 17.6 Å². The summed E-state index contributed by atoms with van der Waals surface area (Å²) >= 11 is 5.73. The highest BCUT2D eigenvalue weighted by Gasteiger charge is 2.36. The van der Waals surface area contributed by atoms with Crippen LogP contribution in [-0.4, -0.2) is 63.8 Å². The molecule has 0 aromatic carbocycles. The van der Waals surface area contributed by atoms with Crippen LogP contribution in [0.1, 0.15) is 74.1 Å². The summed E-state index contributed by atoms with van der Waals surface area (Å²) in [5.74, 6) is -3.44. The van der Waals surface area contributed by atoms with Crippen LogP contribution in [0, 0.1) is 36.5 Å². The van der Waals surface area contributed by atoms with E-state index in [1.807, 2.05) is 26.0 Å². The van der Waals surface area contributed by atoms with Crippen LogP contribution in [0.15, 0.2) is 36.7 Å². The number of aromatic amines is 1. The van der Waals surface area contributed by atoms with Crippen molar-refractivity contribution in [2.45, 2.75) is 102 Å². The molecule has 0 saturated heterocycles. The Morgan fingerprint density at radius 2 is 1.39 bits per heavy atom. The smallest absolute Gasteiger partial charge is 0.252 e. The maximum Gasteiger partial charge on any atom is 0.252 e. The highest BCUT2D eigenvalue weighted by Crippen LogP contribution is 2.35. The first-order valence-electron chi connectivity index (χ1n) is 15.8. The van der Waals surface area contributed by atoms with E-state index >= 15 is 0 Å². The maximum absolute atomic E-state index is 13.2. The molecule has 4 aromatic heterocycles. The van der Waals surface area contributed by atoms with Crippen LogP contribution < -0.4 is 10.6 Å². The minimum Gasteiger partial charge on any atom is -0.367 e. The van der Waals surface area contributed by atoms with Gasteiger partial charge < -0.3 is 10.6 Å². The molecule has 2 aliphatic carbocycles. The summed E-state index contributed by atoms with van der Waals surface area (Å²) in [6, 6.07) is 11.1. The third-order valence-corrected chi connectivity index (χ3v) is 7.91. The first-order chi connectivity index (χ1) is 23.3. The largest absolute Gasteiger partial charge is 0.367 e. The lowest BCUT2D eigenvalue weighted by molar-refractivity contribution is -0.0366. The number of nitriles is 2. The van der Waals surface area contributed by atoms with Gasteiger partial charge in [0.1, 0.15) is 11.6 Å². The van der Waals surface area contributed by atoms with Gasteiger partial charge in [0.05, 0.1) is 30.7 Å². The third kappa shape index (κ3) is 12.3. The Morgan fingerprint density at radius 1 is 0.837 bits per heavy atom. The van der Waals surface area contributed by atoms with Crippen LogP contribution in [0.2, 0.25) is 5.28 Å². The molecule has 2 aliphatic rings. The number of nitrogens with one attached hydrogen (secondary N) is 3. The molecule has 0 unspecified atom stereocenters. The predicted molar refractivity (Wildman–Crippen MR) is 175 cm³/mol. The molecular weight excluding hydrogens is 664 g/mol. The zero-order valence-corrected chi connectivity index (χ0v) is 27.9. The van der Waals surface area contributed by atoms with Crippen LogP contribution in [0.25, 0.3) is 5.95 Å². The van der Waals surface area contributed by atoms with Crippen molar-refractivity contribution < 1.29 is 17.6 Å². The molecule has 0 radical (unpaired) electrons. The van der Waals surface area contributed by atoms with Gasteiger partial charge in [0.2, 0.25) is 17.1 Å². The average molecular weight is 701 g/mol. The fourth-order valence-corrected chi connectivity index (χ4v) is 5.46. The molecule has 0 spiro atoms. The summed E-state index contributed by atoms with van der Waals surface area (Å²) in [7, 11) is 0. The van der Waals surface area contributed by atoms with E-state index < -0.39 is 11.8 Å². The molecule has 3 N–H and O–H groups in total. The second kappa shape index (κ2) is 17.0. The van der Waals surface area contributed by atoms with Gasteiger partial charge in [0, 0.05) is 79.4 Å². The van der Waals surface area contributed by atoms with Gasteiger partial charge >= 0.3 is 0 Å². The molecule has 2 fully saturated rings. The van der Waals surface area contributed by atoms with Crippen LogP contribution in [0.3, 0.4) is 0 Å². The zero-order chi connectivity index (χ0) is 35.4. The first kappa shape index (κ1) is 37.0. The second-order valence-corrected chi connectivity index (χ2v) is 12.2. The van der Waals surface area contributed by atoms with E-state index in [4.69, 9.17) is 22.1 Å². The van der Waals surface area contributed by atoms with Crippen molar-refractivity contribution in [3.8, 4) is 18.1 Å². The summed E-state index contributed by atoms with van der Waals surface area (Å²) in [4.78, 5) is 16.7. The quantitative estimate of drug-likeness (QED) is 0.136. The fourth-order valence-electron chi connectivity index (χ4n) is 5.24. The number of halogens is 5. The lowest BCUT2D eigenvalue weighted by Gasteiger charge is -2.29. The summed E-state index contributed by atoms with van der Waals surface area (Å²) in [5.41, 5.74) is 3.02.